The highest BCUT2D eigenvalue weighted by molar-refractivity contribution is 7.16. The van der Waals surface area contributed by atoms with Gasteiger partial charge in [-0.1, -0.05) is 0 Å². The molecule has 1 aliphatic carbocycles. The quantitative estimate of drug-likeness (QED) is 0.725. The minimum atomic E-state index is -0.263. The van der Waals surface area contributed by atoms with Crippen LogP contribution in [-0.2, 0) is 0 Å². The molecule has 90 valence electrons. The Kier molecular flexibility index (Phi) is 2.64. The van der Waals surface area contributed by atoms with Crippen LogP contribution in [0.5, 0.6) is 0 Å². The molecule has 1 unspecified atom stereocenters. The molecule has 1 atom stereocenters. The molecule has 1 aromatic carbocycles. The van der Waals surface area contributed by atoms with Crippen molar-refractivity contribution in [3.8, 4) is 0 Å². The van der Waals surface area contributed by atoms with Gasteiger partial charge in [0.15, 0.2) is 0 Å². The molecule has 0 saturated heterocycles. The number of nitrogen functional groups attached to an aromatic ring is 1. The zero-order valence-electron chi connectivity index (χ0n) is 9.39. The van der Waals surface area contributed by atoms with Crippen LogP contribution in [0.4, 0.5) is 11.4 Å². The number of fused-ring (bicyclic) bond motifs is 1. The van der Waals surface area contributed by atoms with Crippen molar-refractivity contribution in [1.82, 2.24) is 4.98 Å². The molecule has 0 bridgehead atoms. The third kappa shape index (κ3) is 2.08. The standard InChI is InChI=1S/C12H15N3OS/c13-11-8(14-5-9(16)7-1-2-7)3-4-10-12(11)15-6-17-10/h3-4,6-7,9,14,16H,1-2,5,13H2. The second-order valence-electron chi connectivity index (χ2n) is 4.51. The van der Waals surface area contributed by atoms with E-state index < -0.39 is 0 Å². The van der Waals surface area contributed by atoms with Gasteiger partial charge in [-0.05, 0) is 30.9 Å². The zero-order valence-corrected chi connectivity index (χ0v) is 10.2. The van der Waals surface area contributed by atoms with E-state index in [-0.39, 0.29) is 6.10 Å². The first-order chi connectivity index (χ1) is 8.25. The van der Waals surface area contributed by atoms with Crippen LogP contribution in [0.15, 0.2) is 17.6 Å². The average molecular weight is 249 g/mol. The first-order valence-electron chi connectivity index (χ1n) is 5.79. The number of aliphatic hydroxyl groups is 1. The fourth-order valence-electron chi connectivity index (χ4n) is 1.97. The van der Waals surface area contributed by atoms with Crippen molar-refractivity contribution in [2.45, 2.75) is 18.9 Å². The predicted molar refractivity (Wildman–Crippen MR) is 71.3 cm³/mol. The lowest BCUT2D eigenvalue weighted by Gasteiger charge is -2.13. The number of aromatic nitrogens is 1. The van der Waals surface area contributed by atoms with E-state index in [0.29, 0.717) is 18.2 Å². The molecule has 1 fully saturated rings. The highest BCUT2D eigenvalue weighted by atomic mass is 32.1. The number of hydrogen-bond donors (Lipinski definition) is 3. The van der Waals surface area contributed by atoms with Gasteiger partial charge in [0.25, 0.3) is 0 Å². The van der Waals surface area contributed by atoms with Crippen LogP contribution in [0, 0.1) is 5.92 Å². The molecule has 0 radical (unpaired) electrons. The normalized spacial score (nSPS) is 17.2. The fourth-order valence-corrected chi connectivity index (χ4v) is 2.66. The minimum absolute atomic E-state index is 0.263. The van der Waals surface area contributed by atoms with E-state index in [1.807, 2.05) is 12.1 Å². The average Bonchev–Trinajstić information content (AvgIpc) is 3.07. The highest BCUT2D eigenvalue weighted by Gasteiger charge is 2.29. The summed E-state index contributed by atoms with van der Waals surface area (Å²) in [7, 11) is 0. The van der Waals surface area contributed by atoms with E-state index in [9.17, 15) is 5.11 Å². The molecule has 0 amide bonds. The zero-order chi connectivity index (χ0) is 11.8. The van der Waals surface area contributed by atoms with Crippen LogP contribution < -0.4 is 11.1 Å². The second kappa shape index (κ2) is 4.16. The van der Waals surface area contributed by atoms with Gasteiger partial charge < -0.3 is 16.2 Å². The molecule has 1 aliphatic rings. The van der Waals surface area contributed by atoms with E-state index in [4.69, 9.17) is 5.73 Å². The number of nitrogens with zero attached hydrogens (tertiary/aromatic N) is 1. The van der Waals surface area contributed by atoms with Crippen molar-refractivity contribution in [1.29, 1.82) is 0 Å². The predicted octanol–water partition coefficient (Wildman–Crippen LogP) is 2.06. The van der Waals surface area contributed by atoms with Crippen molar-refractivity contribution >= 4 is 32.9 Å². The Hall–Kier alpha value is -1.33. The summed E-state index contributed by atoms with van der Waals surface area (Å²) in [6.07, 6.45) is 2.02. The van der Waals surface area contributed by atoms with Crippen molar-refractivity contribution in [2.24, 2.45) is 5.92 Å². The molecule has 2 aromatic rings. The van der Waals surface area contributed by atoms with Gasteiger partial charge in [0.05, 0.1) is 27.7 Å². The molecule has 0 aliphatic heterocycles. The molecule has 17 heavy (non-hydrogen) atoms. The number of benzene rings is 1. The molecule has 1 aromatic heterocycles. The van der Waals surface area contributed by atoms with Gasteiger partial charge in [0.2, 0.25) is 0 Å². The van der Waals surface area contributed by atoms with Crippen molar-refractivity contribution in [3.63, 3.8) is 0 Å². The summed E-state index contributed by atoms with van der Waals surface area (Å²) in [4.78, 5) is 4.24. The lowest BCUT2D eigenvalue weighted by Crippen LogP contribution is -2.21. The van der Waals surface area contributed by atoms with Gasteiger partial charge in [-0.25, -0.2) is 4.98 Å². The summed E-state index contributed by atoms with van der Waals surface area (Å²) in [6, 6.07) is 3.96. The Labute approximate surface area is 103 Å². The Balaban J connectivity index is 1.77. The molecule has 1 saturated carbocycles. The summed E-state index contributed by atoms with van der Waals surface area (Å²) in [5, 5.41) is 13.0. The van der Waals surface area contributed by atoms with Crippen LogP contribution in [0.3, 0.4) is 0 Å². The largest absolute Gasteiger partial charge is 0.395 e. The Morgan fingerprint density at radius 3 is 3.12 bits per heavy atom. The molecule has 4 nitrogen and oxygen atoms in total. The second-order valence-corrected chi connectivity index (χ2v) is 5.40. The third-order valence-electron chi connectivity index (χ3n) is 3.21. The number of thiazole rings is 1. The first kappa shape index (κ1) is 10.8. The van der Waals surface area contributed by atoms with E-state index in [1.54, 1.807) is 16.8 Å². The maximum Gasteiger partial charge on any atom is 0.106 e. The molecule has 1 heterocycles. The number of aliphatic hydroxyl groups excluding tert-OH is 1. The van der Waals surface area contributed by atoms with E-state index in [2.05, 4.69) is 10.3 Å². The van der Waals surface area contributed by atoms with Crippen LogP contribution in [0.1, 0.15) is 12.8 Å². The summed E-state index contributed by atoms with van der Waals surface area (Å²) in [6.45, 7) is 0.560. The number of rotatable bonds is 4. The Bertz CT molecular complexity index is 536. The highest BCUT2D eigenvalue weighted by Crippen LogP contribution is 2.34. The lowest BCUT2D eigenvalue weighted by molar-refractivity contribution is 0.164. The van der Waals surface area contributed by atoms with Crippen molar-refractivity contribution in [2.75, 3.05) is 17.6 Å². The van der Waals surface area contributed by atoms with Gasteiger partial charge in [-0.15, -0.1) is 11.3 Å². The molecule has 0 spiro atoms. The van der Waals surface area contributed by atoms with E-state index in [1.165, 1.54) is 0 Å². The smallest absolute Gasteiger partial charge is 0.106 e. The first-order valence-corrected chi connectivity index (χ1v) is 6.67. The van der Waals surface area contributed by atoms with Crippen LogP contribution in [0.25, 0.3) is 10.2 Å². The van der Waals surface area contributed by atoms with Crippen LogP contribution in [0.2, 0.25) is 0 Å². The van der Waals surface area contributed by atoms with Gasteiger partial charge in [-0.3, -0.25) is 0 Å². The Morgan fingerprint density at radius 1 is 1.53 bits per heavy atom. The van der Waals surface area contributed by atoms with Gasteiger partial charge in [-0.2, -0.15) is 0 Å². The summed E-state index contributed by atoms with van der Waals surface area (Å²) < 4.78 is 1.09. The number of nitrogens with two attached hydrogens (primary N) is 1. The lowest BCUT2D eigenvalue weighted by atomic mass is 10.2. The third-order valence-corrected chi connectivity index (χ3v) is 4.00. The van der Waals surface area contributed by atoms with E-state index >= 15 is 0 Å². The van der Waals surface area contributed by atoms with E-state index in [0.717, 1.165) is 28.7 Å². The maximum atomic E-state index is 9.80. The monoisotopic (exact) mass is 249 g/mol. The van der Waals surface area contributed by atoms with Crippen LogP contribution in [-0.4, -0.2) is 22.7 Å². The van der Waals surface area contributed by atoms with Gasteiger partial charge >= 0.3 is 0 Å². The molecular weight excluding hydrogens is 234 g/mol. The Morgan fingerprint density at radius 2 is 2.35 bits per heavy atom. The maximum absolute atomic E-state index is 9.80. The summed E-state index contributed by atoms with van der Waals surface area (Å²) >= 11 is 1.58. The number of anilines is 2. The molecule has 3 rings (SSSR count). The number of hydrogen-bond acceptors (Lipinski definition) is 5. The molecule has 5 heteroatoms. The molecule has 4 N–H and O–H groups in total. The summed E-state index contributed by atoms with van der Waals surface area (Å²) in [5.74, 6) is 0.478. The summed E-state index contributed by atoms with van der Waals surface area (Å²) in [5.41, 5.74) is 10.2. The van der Waals surface area contributed by atoms with Gasteiger partial charge in [0.1, 0.15) is 5.52 Å². The van der Waals surface area contributed by atoms with Crippen molar-refractivity contribution in [3.05, 3.63) is 17.6 Å². The minimum Gasteiger partial charge on any atom is -0.395 e. The van der Waals surface area contributed by atoms with Crippen molar-refractivity contribution < 1.29 is 5.11 Å². The molecular formula is C12H15N3OS. The number of nitrogens with one attached hydrogen (secondary N) is 1. The topological polar surface area (TPSA) is 71.2 Å². The van der Waals surface area contributed by atoms with Gasteiger partial charge in [0, 0.05) is 6.54 Å². The fraction of sp³-hybridized carbons (Fsp3) is 0.417. The SMILES string of the molecule is Nc1c(NCC(O)C2CC2)ccc2scnc12. The van der Waals surface area contributed by atoms with Crippen LogP contribution >= 0.6 is 11.3 Å².